The first kappa shape index (κ1) is 18.4. The number of para-hydroxylation sites is 3. The molecule has 1 aliphatic rings. The molecule has 3 heterocycles. The molecule has 0 bridgehead atoms. The van der Waals surface area contributed by atoms with Crippen LogP contribution in [0.4, 0.5) is 6.01 Å². The van der Waals surface area contributed by atoms with E-state index in [0.717, 1.165) is 23.9 Å². The summed E-state index contributed by atoms with van der Waals surface area (Å²) in [6, 6.07) is 15.6. The Morgan fingerprint density at radius 2 is 1.87 bits per heavy atom. The van der Waals surface area contributed by atoms with E-state index in [1.807, 2.05) is 53.4 Å². The molecule has 8 nitrogen and oxygen atoms in total. The van der Waals surface area contributed by atoms with Gasteiger partial charge in [-0.1, -0.05) is 24.3 Å². The number of rotatable bonds is 4. The normalized spacial score (nSPS) is 19.2. The highest BCUT2D eigenvalue weighted by Crippen LogP contribution is 2.26. The monoisotopic (exact) mass is 402 g/mol. The van der Waals surface area contributed by atoms with Crippen LogP contribution in [-0.4, -0.2) is 49.4 Å². The van der Waals surface area contributed by atoms with Gasteiger partial charge in [0.15, 0.2) is 5.58 Å². The number of nitrogens with one attached hydrogen (secondary N) is 1. The Kier molecular flexibility index (Phi) is 4.66. The highest BCUT2D eigenvalue weighted by atomic mass is 16.4. The van der Waals surface area contributed by atoms with Crippen LogP contribution in [-0.2, 0) is 0 Å². The number of amides is 1. The van der Waals surface area contributed by atoms with Gasteiger partial charge in [0.1, 0.15) is 5.52 Å². The number of anilines is 1. The molecule has 1 saturated heterocycles. The lowest BCUT2D eigenvalue weighted by molar-refractivity contribution is 0.0615. The summed E-state index contributed by atoms with van der Waals surface area (Å²) in [6.07, 6.45) is 5.04. The molecule has 2 unspecified atom stereocenters. The van der Waals surface area contributed by atoms with Crippen molar-refractivity contribution in [3.8, 4) is 5.69 Å². The van der Waals surface area contributed by atoms with Crippen LogP contribution >= 0.6 is 0 Å². The van der Waals surface area contributed by atoms with Crippen molar-refractivity contribution >= 4 is 23.0 Å². The number of aromatic nitrogens is 4. The molecule has 0 radical (unpaired) electrons. The minimum atomic E-state index is -0.0283. The molecule has 0 saturated carbocycles. The zero-order chi connectivity index (χ0) is 20.5. The van der Waals surface area contributed by atoms with Crippen LogP contribution < -0.4 is 5.32 Å². The molecule has 0 aliphatic carbocycles. The standard InChI is InChI=1S/C22H22N6O2/c1-15-17(25-22-26-18-8-3-5-11-20(18)30-22)9-6-14-27(15)21(29)16-7-2-4-10-19(16)28-23-12-13-24-28/h2-5,7-8,10-13,15,17H,6,9,14H2,1H3,(H,25,26). The van der Waals surface area contributed by atoms with E-state index in [4.69, 9.17) is 4.42 Å². The van der Waals surface area contributed by atoms with Gasteiger partial charge in [0, 0.05) is 12.6 Å². The summed E-state index contributed by atoms with van der Waals surface area (Å²) in [5.74, 6) is -0.0283. The Bertz CT molecular complexity index is 1140. The lowest BCUT2D eigenvalue weighted by Crippen LogP contribution is -2.52. The van der Waals surface area contributed by atoms with Crippen molar-refractivity contribution in [3.05, 3.63) is 66.5 Å². The third-order valence-corrected chi connectivity index (χ3v) is 5.62. The first-order chi connectivity index (χ1) is 14.7. The van der Waals surface area contributed by atoms with E-state index in [1.54, 1.807) is 12.4 Å². The van der Waals surface area contributed by atoms with E-state index in [9.17, 15) is 4.79 Å². The largest absolute Gasteiger partial charge is 0.424 e. The van der Waals surface area contributed by atoms with Crippen LogP contribution in [0.2, 0.25) is 0 Å². The third kappa shape index (κ3) is 3.30. The second-order valence-corrected chi connectivity index (χ2v) is 7.45. The van der Waals surface area contributed by atoms with Gasteiger partial charge in [-0.25, -0.2) is 0 Å². The smallest absolute Gasteiger partial charge is 0.295 e. The lowest BCUT2D eigenvalue weighted by atomic mass is 9.96. The number of fused-ring (bicyclic) bond motifs is 1. The van der Waals surface area contributed by atoms with Crippen molar-refractivity contribution in [1.82, 2.24) is 24.9 Å². The van der Waals surface area contributed by atoms with E-state index in [2.05, 4.69) is 27.4 Å². The van der Waals surface area contributed by atoms with Gasteiger partial charge >= 0.3 is 0 Å². The lowest BCUT2D eigenvalue weighted by Gasteiger charge is -2.39. The Labute approximate surface area is 173 Å². The zero-order valence-electron chi connectivity index (χ0n) is 16.6. The van der Waals surface area contributed by atoms with Gasteiger partial charge in [-0.2, -0.15) is 20.0 Å². The minimum absolute atomic E-state index is 0.0279. The first-order valence-electron chi connectivity index (χ1n) is 10.1. The molecule has 1 amide bonds. The van der Waals surface area contributed by atoms with E-state index < -0.39 is 0 Å². The van der Waals surface area contributed by atoms with Crippen molar-refractivity contribution in [2.75, 3.05) is 11.9 Å². The second-order valence-electron chi connectivity index (χ2n) is 7.45. The van der Waals surface area contributed by atoms with Crippen molar-refractivity contribution in [1.29, 1.82) is 0 Å². The second kappa shape index (κ2) is 7.62. The molecule has 2 aromatic heterocycles. The van der Waals surface area contributed by atoms with Crippen LogP contribution in [0.3, 0.4) is 0 Å². The summed E-state index contributed by atoms with van der Waals surface area (Å²) in [6.45, 7) is 2.76. The molecule has 1 fully saturated rings. The van der Waals surface area contributed by atoms with E-state index in [0.29, 0.717) is 23.8 Å². The molecule has 1 aliphatic heterocycles. The summed E-state index contributed by atoms with van der Waals surface area (Å²) < 4.78 is 5.82. The Balaban J connectivity index is 1.38. The molecular formula is C22H22N6O2. The van der Waals surface area contributed by atoms with Crippen LogP contribution in [0.1, 0.15) is 30.1 Å². The van der Waals surface area contributed by atoms with E-state index in [1.165, 1.54) is 4.80 Å². The number of piperidine rings is 1. The van der Waals surface area contributed by atoms with Gasteiger partial charge in [-0.05, 0) is 44.0 Å². The molecule has 5 rings (SSSR count). The number of benzene rings is 2. The fraction of sp³-hybridized carbons (Fsp3) is 0.273. The summed E-state index contributed by atoms with van der Waals surface area (Å²) in [5, 5.41) is 11.8. The van der Waals surface area contributed by atoms with Crippen LogP contribution in [0, 0.1) is 0 Å². The van der Waals surface area contributed by atoms with E-state index >= 15 is 0 Å². The highest BCUT2D eigenvalue weighted by Gasteiger charge is 2.33. The molecule has 30 heavy (non-hydrogen) atoms. The molecule has 0 spiro atoms. The molecule has 152 valence electrons. The van der Waals surface area contributed by atoms with Gasteiger partial charge in [-0.3, -0.25) is 4.79 Å². The quantitative estimate of drug-likeness (QED) is 0.562. The topological polar surface area (TPSA) is 89.1 Å². The summed E-state index contributed by atoms with van der Waals surface area (Å²) in [5.41, 5.74) is 2.82. The average Bonchev–Trinajstić information content (AvgIpc) is 3.44. The summed E-state index contributed by atoms with van der Waals surface area (Å²) >= 11 is 0. The van der Waals surface area contributed by atoms with Crippen molar-refractivity contribution in [2.45, 2.75) is 31.8 Å². The number of nitrogens with zero attached hydrogens (tertiary/aromatic N) is 5. The van der Waals surface area contributed by atoms with Gasteiger partial charge in [0.05, 0.1) is 29.7 Å². The molecule has 2 aromatic carbocycles. The summed E-state index contributed by atoms with van der Waals surface area (Å²) in [7, 11) is 0. The van der Waals surface area contributed by atoms with Gasteiger partial charge in [0.2, 0.25) is 0 Å². The van der Waals surface area contributed by atoms with E-state index in [-0.39, 0.29) is 18.0 Å². The van der Waals surface area contributed by atoms with Crippen LogP contribution in [0.15, 0.2) is 65.3 Å². The Morgan fingerprint density at radius 1 is 1.10 bits per heavy atom. The number of carbonyl (C=O) groups excluding carboxylic acids is 1. The maximum atomic E-state index is 13.5. The Hall–Kier alpha value is -3.68. The summed E-state index contributed by atoms with van der Waals surface area (Å²) in [4.78, 5) is 21.4. The Morgan fingerprint density at radius 3 is 2.70 bits per heavy atom. The number of hydrogen-bond donors (Lipinski definition) is 1. The molecule has 2 atom stereocenters. The fourth-order valence-corrected chi connectivity index (χ4v) is 4.04. The molecule has 8 heteroatoms. The van der Waals surface area contributed by atoms with Gasteiger partial charge in [-0.15, -0.1) is 0 Å². The van der Waals surface area contributed by atoms with Crippen LogP contribution in [0.5, 0.6) is 0 Å². The maximum absolute atomic E-state index is 13.5. The zero-order valence-corrected chi connectivity index (χ0v) is 16.6. The SMILES string of the molecule is CC1C(Nc2nc3ccccc3o2)CCCN1C(=O)c1ccccc1-n1nccn1. The maximum Gasteiger partial charge on any atom is 0.295 e. The molecular weight excluding hydrogens is 380 g/mol. The van der Waals surface area contributed by atoms with Gasteiger partial charge < -0.3 is 14.6 Å². The van der Waals surface area contributed by atoms with Crippen LogP contribution in [0.25, 0.3) is 16.8 Å². The third-order valence-electron chi connectivity index (χ3n) is 5.62. The predicted molar refractivity (Wildman–Crippen MR) is 113 cm³/mol. The molecule has 1 N–H and O–H groups in total. The predicted octanol–water partition coefficient (Wildman–Crippen LogP) is 3.51. The fourth-order valence-electron chi connectivity index (χ4n) is 4.04. The number of oxazole rings is 1. The highest BCUT2D eigenvalue weighted by molar-refractivity contribution is 5.98. The number of hydrogen-bond acceptors (Lipinski definition) is 6. The average molecular weight is 402 g/mol. The van der Waals surface area contributed by atoms with Crippen molar-refractivity contribution < 1.29 is 9.21 Å². The minimum Gasteiger partial charge on any atom is -0.424 e. The van der Waals surface area contributed by atoms with Crippen molar-refractivity contribution in [3.63, 3.8) is 0 Å². The number of likely N-dealkylation sites (tertiary alicyclic amines) is 1. The first-order valence-corrected chi connectivity index (χ1v) is 10.1. The van der Waals surface area contributed by atoms with Gasteiger partial charge in [0.25, 0.3) is 11.9 Å². The number of carbonyl (C=O) groups is 1. The molecule has 4 aromatic rings. The van der Waals surface area contributed by atoms with Crippen molar-refractivity contribution in [2.24, 2.45) is 0 Å².